The molecule has 0 aromatic carbocycles. The second-order valence-electron chi connectivity index (χ2n) is 3.71. The molecule has 10 heteroatoms. The molecule has 9 N–H and O–H groups in total. The van der Waals surface area contributed by atoms with Gasteiger partial charge in [-0.25, -0.2) is 14.4 Å². The SMILES string of the molecule is NC(=O)NCCN(CCNC(N)=O)CCNC(N)=O. The van der Waals surface area contributed by atoms with Gasteiger partial charge in [0.15, 0.2) is 0 Å². The minimum absolute atomic E-state index is 0.364. The van der Waals surface area contributed by atoms with Gasteiger partial charge in [-0.2, -0.15) is 0 Å². The fraction of sp³-hybridized carbons (Fsp3) is 0.667. The van der Waals surface area contributed by atoms with Gasteiger partial charge in [-0.1, -0.05) is 0 Å². The summed E-state index contributed by atoms with van der Waals surface area (Å²) in [7, 11) is 0. The highest BCUT2D eigenvalue weighted by atomic mass is 16.2. The quantitative estimate of drug-likeness (QED) is 0.269. The second-order valence-corrected chi connectivity index (χ2v) is 3.71. The number of nitrogens with two attached hydrogens (primary N) is 3. The molecule has 0 spiro atoms. The van der Waals surface area contributed by atoms with Gasteiger partial charge in [0.2, 0.25) is 0 Å². The van der Waals surface area contributed by atoms with Crippen LogP contribution >= 0.6 is 0 Å². The zero-order valence-electron chi connectivity index (χ0n) is 10.6. The summed E-state index contributed by atoms with van der Waals surface area (Å²) in [6.07, 6.45) is 0. The topological polar surface area (TPSA) is 169 Å². The van der Waals surface area contributed by atoms with Crippen molar-refractivity contribution in [3.63, 3.8) is 0 Å². The van der Waals surface area contributed by atoms with Crippen molar-refractivity contribution in [3.8, 4) is 0 Å². The molecule has 0 saturated heterocycles. The first kappa shape index (κ1) is 16.8. The molecule has 0 fully saturated rings. The maximum atomic E-state index is 10.5. The van der Waals surface area contributed by atoms with E-state index in [0.29, 0.717) is 39.3 Å². The third-order valence-electron chi connectivity index (χ3n) is 2.18. The Hall–Kier alpha value is -2.23. The molecule has 19 heavy (non-hydrogen) atoms. The zero-order chi connectivity index (χ0) is 14.7. The highest BCUT2D eigenvalue weighted by Gasteiger charge is 2.06. The van der Waals surface area contributed by atoms with Crippen molar-refractivity contribution in [1.29, 1.82) is 0 Å². The van der Waals surface area contributed by atoms with E-state index in [1.54, 1.807) is 0 Å². The zero-order valence-corrected chi connectivity index (χ0v) is 10.6. The van der Waals surface area contributed by atoms with Crippen LogP contribution in [0.25, 0.3) is 0 Å². The van der Waals surface area contributed by atoms with Crippen LogP contribution in [0.4, 0.5) is 14.4 Å². The number of rotatable bonds is 9. The van der Waals surface area contributed by atoms with Crippen LogP contribution < -0.4 is 33.2 Å². The van der Waals surface area contributed by atoms with Gasteiger partial charge in [-0.15, -0.1) is 0 Å². The summed E-state index contributed by atoms with van der Waals surface area (Å²) in [6, 6.07) is -1.82. The minimum Gasteiger partial charge on any atom is -0.352 e. The molecule has 0 saturated carbocycles. The largest absolute Gasteiger partial charge is 0.352 e. The summed E-state index contributed by atoms with van der Waals surface area (Å²) < 4.78 is 0. The van der Waals surface area contributed by atoms with Crippen molar-refractivity contribution in [3.05, 3.63) is 0 Å². The molecule has 0 aromatic heterocycles. The van der Waals surface area contributed by atoms with Crippen LogP contribution in [-0.2, 0) is 0 Å². The van der Waals surface area contributed by atoms with E-state index in [0.717, 1.165) is 0 Å². The minimum atomic E-state index is -0.606. The molecule has 0 aliphatic carbocycles. The Bertz CT molecular complexity index is 263. The number of primary amides is 3. The van der Waals surface area contributed by atoms with Gasteiger partial charge in [0, 0.05) is 39.3 Å². The van der Waals surface area contributed by atoms with Crippen molar-refractivity contribution in [2.24, 2.45) is 17.2 Å². The van der Waals surface area contributed by atoms with Gasteiger partial charge in [0.1, 0.15) is 0 Å². The molecule has 0 bridgehead atoms. The van der Waals surface area contributed by atoms with Gasteiger partial charge in [0.25, 0.3) is 0 Å². The molecule has 0 radical (unpaired) electrons. The van der Waals surface area contributed by atoms with E-state index in [1.807, 2.05) is 4.90 Å². The number of carbonyl (C=O) groups excluding carboxylic acids is 3. The lowest BCUT2D eigenvalue weighted by molar-refractivity contribution is 0.235. The monoisotopic (exact) mass is 275 g/mol. The molecule has 0 unspecified atom stereocenters. The van der Waals surface area contributed by atoms with E-state index in [2.05, 4.69) is 16.0 Å². The third-order valence-corrected chi connectivity index (χ3v) is 2.18. The van der Waals surface area contributed by atoms with E-state index in [4.69, 9.17) is 17.2 Å². The molecule has 0 aromatic rings. The van der Waals surface area contributed by atoms with E-state index >= 15 is 0 Å². The highest BCUT2D eigenvalue weighted by Crippen LogP contribution is 1.85. The molecule has 0 aliphatic rings. The van der Waals surface area contributed by atoms with E-state index in [-0.39, 0.29) is 0 Å². The van der Waals surface area contributed by atoms with Crippen molar-refractivity contribution < 1.29 is 14.4 Å². The van der Waals surface area contributed by atoms with Crippen molar-refractivity contribution in [2.45, 2.75) is 0 Å². The molecule has 0 atom stereocenters. The molecule has 0 heterocycles. The standard InChI is InChI=1S/C9H21N7O3/c10-7(17)13-1-4-16(5-2-14-8(11)18)6-3-15-9(12)19/h1-6H2,(H3,10,13,17)(H3,11,14,18)(H3,12,15,19). The molecular formula is C9H21N7O3. The Morgan fingerprint density at radius 1 is 0.684 bits per heavy atom. The van der Waals surface area contributed by atoms with Crippen molar-refractivity contribution in [1.82, 2.24) is 20.9 Å². The average molecular weight is 275 g/mol. The lowest BCUT2D eigenvalue weighted by Gasteiger charge is -2.22. The molecule has 6 amide bonds. The van der Waals surface area contributed by atoms with Crippen LogP contribution in [0.15, 0.2) is 0 Å². The number of urea groups is 3. The summed E-state index contributed by atoms with van der Waals surface area (Å²) >= 11 is 0. The number of nitrogens with zero attached hydrogens (tertiary/aromatic N) is 1. The Morgan fingerprint density at radius 3 is 1.16 bits per heavy atom. The van der Waals surface area contributed by atoms with Crippen molar-refractivity contribution >= 4 is 18.1 Å². The van der Waals surface area contributed by atoms with Crippen LogP contribution in [0.1, 0.15) is 0 Å². The van der Waals surface area contributed by atoms with Gasteiger partial charge < -0.3 is 33.2 Å². The van der Waals surface area contributed by atoms with Crippen LogP contribution in [-0.4, -0.2) is 62.3 Å². The first-order chi connectivity index (χ1) is 8.91. The fourth-order valence-electron chi connectivity index (χ4n) is 1.35. The van der Waals surface area contributed by atoms with Gasteiger partial charge in [0.05, 0.1) is 0 Å². The van der Waals surface area contributed by atoms with Crippen LogP contribution in [0, 0.1) is 0 Å². The van der Waals surface area contributed by atoms with E-state index in [9.17, 15) is 14.4 Å². The summed E-state index contributed by atoms with van der Waals surface area (Å²) in [6.45, 7) is 2.64. The smallest absolute Gasteiger partial charge is 0.312 e. The maximum Gasteiger partial charge on any atom is 0.312 e. The molecule has 10 nitrogen and oxygen atoms in total. The lowest BCUT2D eigenvalue weighted by atomic mass is 10.4. The van der Waals surface area contributed by atoms with Crippen LogP contribution in [0.3, 0.4) is 0 Å². The highest BCUT2D eigenvalue weighted by molar-refractivity contribution is 5.72. The number of hydrogen-bond acceptors (Lipinski definition) is 4. The summed E-state index contributed by atoms with van der Waals surface area (Å²) in [5, 5.41) is 7.34. The summed E-state index contributed by atoms with van der Waals surface area (Å²) in [4.78, 5) is 33.5. The lowest BCUT2D eigenvalue weighted by Crippen LogP contribution is -2.44. The van der Waals surface area contributed by atoms with Gasteiger partial charge in [-0.3, -0.25) is 4.90 Å². The van der Waals surface area contributed by atoms with Gasteiger partial charge in [-0.05, 0) is 0 Å². The number of amides is 6. The Kier molecular flexibility index (Phi) is 8.62. The fourth-order valence-corrected chi connectivity index (χ4v) is 1.35. The average Bonchev–Trinajstić information content (AvgIpc) is 2.26. The predicted molar refractivity (Wildman–Crippen MR) is 69.2 cm³/mol. The third kappa shape index (κ3) is 12.0. The van der Waals surface area contributed by atoms with Crippen LogP contribution in [0.5, 0.6) is 0 Å². The Balaban J connectivity index is 3.94. The Morgan fingerprint density at radius 2 is 0.947 bits per heavy atom. The maximum absolute atomic E-state index is 10.5. The number of carbonyl (C=O) groups is 3. The molecule has 0 rings (SSSR count). The second kappa shape index (κ2) is 9.76. The Labute approximate surface area is 111 Å². The molecule has 110 valence electrons. The predicted octanol–water partition coefficient (Wildman–Crippen LogP) is -2.71. The normalized spacial score (nSPS) is 9.95. The number of hydrogen-bond donors (Lipinski definition) is 6. The summed E-state index contributed by atoms with van der Waals surface area (Å²) in [5.41, 5.74) is 14.8. The number of nitrogens with one attached hydrogen (secondary N) is 3. The van der Waals surface area contributed by atoms with E-state index in [1.165, 1.54) is 0 Å². The molecular weight excluding hydrogens is 254 g/mol. The first-order valence-electron chi connectivity index (χ1n) is 5.74. The van der Waals surface area contributed by atoms with E-state index < -0.39 is 18.1 Å². The molecule has 0 aliphatic heterocycles. The van der Waals surface area contributed by atoms with Gasteiger partial charge >= 0.3 is 18.1 Å². The summed E-state index contributed by atoms with van der Waals surface area (Å²) in [5.74, 6) is 0. The van der Waals surface area contributed by atoms with Crippen LogP contribution in [0.2, 0.25) is 0 Å². The first-order valence-corrected chi connectivity index (χ1v) is 5.74. The van der Waals surface area contributed by atoms with Crippen molar-refractivity contribution in [2.75, 3.05) is 39.3 Å².